The lowest BCUT2D eigenvalue weighted by Gasteiger charge is -2.07. The third kappa shape index (κ3) is 21.7. The van der Waals surface area contributed by atoms with E-state index in [9.17, 15) is 0 Å². The van der Waals surface area contributed by atoms with Gasteiger partial charge in [0.25, 0.3) is 0 Å². The first kappa shape index (κ1) is 60.0. The van der Waals surface area contributed by atoms with E-state index in [1.54, 1.807) is 4.80 Å². The summed E-state index contributed by atoms with van der Waals surface area (Å²) >= 11 is 0. The highest BCUT2D eigenvalue weighted by atomic mass is 15.6. The minimum Gasteiger partial charge on any atom is -0.285 e. The number of rotatable bonds is 12. The van der Waals surface area contributed by atoms with Crippen molar-refractivity contribution in [1.82, 2.24) is 15.4 Å². The Morgan fingerprint density at radius 2 is 1.00 bits per heavy atom. The number of H-pyrrole nitrogens is 1. The van der Waals surface area contributed by atoms with Gasteiger partial charge in [-0.3, -0.25) is 20.0 Å². The summed E-state index contributed by atoms with van der Waals surface area (Å²) in [6.45, 7) is 53.8. The van der Waals surface area contributed by atoms with Crippen molar-refractivity contribution >= 4 is 40.1 Å². The molecular weight excluding hydrogens is 815 g/mol. The van der Waals surface area contributed by atoms with E-state index >= 15 is 0 Å². The third-order valence-electron chi connectivity index (χ3n) is 11.7. The van der Waals surface area contributed by atoms with Gasteiger partial charge in [-0.15, -0.1) is 0 Å². The monoisotopic (exact) mass is 913 g/mol. The summed E-state index contributed by atoms with van der Waals surface area (Å²) in [6, 6.07) is 0.356. The minimum absolute atomic E-state index is 0.356. The van der Waals surface area contributed by atoms with E-state index < -0.39 is 0 Å². The van der Waals surface area contributed by atoms with E-state index in [4.69, 9.17) is 0 Å². The molecule has 0 unspecified atom stereocenters. The highest BCUT2D eigenvalue weighted by Crippen LogP contribution is 2.24. The Hall–Kier alpha value is -4.02. The zero-order valence-electron chi connectivity index (χ0n) is 46.7. The summed E-state index contributed by atoms with van der Waals surface area (Å²) in [6.07, 6.45) is 9.73. The second-order valence-corrected chi connectivity index (χ2v) is 21.8. The molecule has 0 fully saturated rings. The van der Waals surface area contributed by atoms with Crippen LogP contribution in [-0.4, -0.2) is 68.6 Å². The summed E-state index contributed by atoms with van der Waals surface area (Å²) in [5.74, 6) is 8.15. The lowest BCUT2D eigenvalue weighted by Crippen LogP contribution is -2.41. The maximum atomic E-state index is 4.56. The predicted molar refractivity (Wildman–Crippen MR) is 289 cm³/mol. The fourth-order valence-electron chi connectivity index (χ4n) is 6.29. The zero-order valence-corrected chi connectivity index (χ0v) is 46.7. The molecule has 1 aromatic heterocycles. The van der Waals surface area contributed by atoms with Gasteiger partial charge in [-0.2, -0.15) is 10.2 Å². The Bertz CT molecular complexity index is 1720. The topological polar surface area (TPSA) is 132 Å². The average Bonchev–Trinajstić information content (AvgIpc) is 4.09. The molecule has 1 N–H and O–H groups in total. The van der Waals surface area contributed by atoms with Crippen molar-refractivity contribution in [1.29, 1.82) is 0 Å². The third-order valence-corrected chi connectivity index (χ3v) is 11.7. The Morgan fingerprint density at radius 3 is 1.26 bits per heavy atom. The molecule has 66 heavy (non-hydrogen) atoms. The molecule has 5 aliphatic rings. The summed E-state index contributed by atoms with van der Waals surface area (Å²) in [5, 5.41) is 19.5. The van der Waals surface area contributed by atoms with Gasteiger partial charge in [0.1, 0.15) is 11.9 Å². The van der Waals surface area contributed by atoms with Crippen molar-refractivity contribution in [3.05, 3.63) is 41.0 Å². The van der Waals surface area contributed by atoms with E-state index in [1.807, 2.05) is 6.20 Å². The van der Waals surface area contributed by atoms with E-state index in [2.05, 4.69) is 229 Å². The van der Waals surface area contributed by atoms with Crippen LogP contribution >= 0.6 is 0 Å². The second-order valence-electron chi connectivity index (χ2n) is 21.8. The van der Waals surface area contributed by atoms with Gasteiger partial charge in [-0.25, -0.2) is 4.99 Å². The van der Waals surface area contributed by atoms with Crippen molar-refractivity contribution in [2.75, 3.05) is 13.1 Å². The van der Waals surface area contributed by atoms with Crippen molar-refractivity contribution < 1.29 is 4.80 Å². The molecule has 0 atom stereocenters. The fourth-order valence-corrected chi connectivity index (χ4v) is 6.29. The van der Waals surface area contributed by atoms with Crippen LogP contribution in [0, 0.1) is 59.2 Å². The van der Waals surface area contributed by atoms with Crippen LogP contribution in [0.15, 0.2) is 70.4 Å². The number of nitrogens with zero attached hydrogens (tertiary/aromatic N) is 10. The summed E-state index contributed by atoms with van der Waals surface area (Å²) in [7, 11) is 0. The lowest BCUT2D eigenvalue weighted by molar-refractivity contribution is -0.821. The maximum Gasteiger partial charge on any atom is 0.310 e. The minimum atomic E-state index is 0.356. The number of hydrogen-bond donors (Lipinski definition) is 1. The number of aromatic amines is 1. The van der Waals surface area contributed by atoms with E-state index in [1.165, 1.54) is 51.1 Å². The largest absolute Gasteiger partial charge is 0.310 e. The SMILES string of the molecule is CC(C)C1=CC(C(C)C)=NC1.CC(C)C1=CCC(C(C)C)=N1.CC(C)C1=CN=C(C(C)C)C1.CC(C)C1=NC(C(C)C)=NC1.CC(C)C1=NN=C(C(C)C)C1.CC(C)c1n[nH][n+](C(C)C)n1. The molecule has 0 saturated heterocycles. The molecule has 0 saturated carbocycles. The Balaban J connectivity index is 0.000000396. The van der Waals surface area contributed by atoms with E-state index in [0.29, 0.717) is 71.1 Å². The summed E-state index contributed by atoms with van der Waals surface area (Å²) in [4.78, 5) is 24.0. The van der Waals surface area contributed by atoms with Gasteiger partial charge in [-0.05, 0) is 94.6 Å². The first-order valence-corrected chi connectivity index (χ1v) is 25.5. The van der Waals surface area contributed by atoms with Crippen LogP contribution in [0.2, 0.25) is 0 Å². The fraction of sp³-hybridized carbons (Fsp3) is 0.745. The zero-order chi connectivity index (χ0) is 50.6. The van der Waals surface area contributed by atoms with Crippen LogP contribution in [0.25, 0.3) is 0 Å². The molecule has 11 heteroatoms. The number of aromatic nitrogens is 4. The molecule has 0 aliphatic carbocycles. The molecule has 0 aromatic carbocycles. The van der Waals surface area contributed by atoms with Gasteiger partial charge in [0.05, 0.1) is 18.2 Å². The van der Waals surface area contributed by atoms with Gasteiger partial charge < -0.3 is 0 Å². The molecular formula is C55H98N11+. The van der Waals surface area contributed by atoms with E-state index in [0.717, 1.165) is 44.0 Å². The summed E-state index contributed by atoms with van der Waals surface area (Å²) < 4.78 is 0. The normalized spacial score (nSPS) is 16.6. The molecule has 372 valence electrons. The number of nitrogens with one attached hydrogen (secondary N) is 1. The Labute approximate surface area is 404 Å². The van der Waals surface area contributed by atoms with Gasteiger partial charge in [0.15, 0.2) is 0 Å². The number of aliphatic imine (C=N–C) groups is 5. The highest BCUT2D eigenvalue weighted by molar-refractivity contribution is 6.08. The van der Waals surface area contributed by atoms with Crippen LogP contribution in [0.3, 0.4) is 0 Å². The van der Waals surface area contributed by atoms with Crippen LogP contribution in [0.4, 0.5) is 0 Å². The standard InChI is InChI=1S/3C10H17N.2C9H16N2.C7H14N4/c2*1-7(2)9-5-10(8(3)4)11-6-9;1-7(2)9-5-6-10(11-9)8(3)4;1-6(2)8-5-10-9(11-8)7(3)4;1-6(2)8-5-9(7(3)4)11-10-8;1-5(2)7-8-10-11(9-7)6(3)4/h6-8H,5H2,1-4H3;2*5,7-8H,6H2,1-4H3;2*6-7H,5H2,1-4H3;5-6H,1-4H3/p+1. The van der Waals surface area contributed by atoms with Gasteiger partial charge in [0.2, 0.25) is 0 Å². The smallest absolute Gasteiger partial charge is 0.285 e. The predicted octanol–water partition coefficient (Wildman–Crippen LogP) is 14.2. The molecule has 6 heterocycles. The van der Waals surface area contributed by atoms with Gasteiger partial charge in [0, 0.05) is 77.3 Å². The quantitative estimate of drug-likeness (QED) is 0.209. The second kappa shape index (κ2) is 29.7. The number of amidine groups is 1. The molecule has 0 radical (unpaired) electrons. The molecule has 11 nitrogen and oxygen atoms in total. The average molecular weight is 913 g/mol. The van der Waals surface area contributed by atoms with Crippen molar-refractivity contribution in [2.24, 2.45) is 94.3 Å². The molecule has 6 rings (SSSR count). The molecule has 0 amide bonds. The first-order valence-electron chi connectivity index (χ1n) is 25.5. The number of hydrogen-bond acceptors (Lipinski definition) is 9. The highest BCUT2D eigenvalue weighted by Gasteiger charge is 2.19. The van der Waals surface area contributed by atoms with Crippen LogP contribution < -0.4 is 4.80 Å². The van der Waals surface area contributed by atoms with Gasteiger partial charge >= 0.3 is 5.82 Å². The van der Waals surface area contributed by atoms with Crippen LogP contribution in [0.1, 0.15) is 203 Å². The van der Waals surface area contributed by atoms with Crippen molar-refractivity contribution in [2.45, 2.75) is 197 Å². The van der Waals surface area contributed by atoms with Crippen LogP contribution in [0.5, 0.6) is 0 Å². The number of tetrazole rings is 1. The first-order chi connectivity index (χ1) is 30.7. The summed E-state index contributed by atoms with van der Waals surface area (Å²) in [5.41, 5.74) is 11.9. The maximum absolute atomic E-state index is 4.56. The van der Waals surface area contributed by atoms with Crippen molar-refractivity contribution in [3.8, 4) is 0 Å². The number of allylic oxidation sites excluding steroid dienone is 4. The van der Waals surface area contributed by atoms with Crippen LogP contribution in [-0.2, 0) is 0 Å². The van der Waals surface area contributed by atoms with Gasteiger partial charge in [-0.1, -0.05) is 163 Å². The molecule has 0 bridgehead atoms. The molecule has 1 aromatic rings. The van der Waals surface area contributed by atoms with Crippen molar-refractivity contribution in [3.63, 3.8) is 0 Å². The lowest BCUT2D eigenvalue weighted by atomic mass is 9.96. The molecule has 5 aliphatic heterocycles. The Morgan fingerprint density at radius 1 is 0.470 bits per heavy atom. The molecule has 0 spiro atoms. The van der Waals surface area contributed by atoms with E-state index in [-0.39, 0.29) is 0 Å². The Kier molecular flexibility index (Phi) is 27.0.